The van der Waals surface area contributed by atoms with Gasteiger partial charge in [-0.2, -0.15) is 0 Å². The van der Waals surface area contributed by atoms with Crippen molar-refractivity contribution >= 4 is 32.8 Å². The molecular weight excluding hydrogens is 270 g/mol. The minimum atomic E-state index is -0.869. The summed E-state index contributed by atoms with van der Waals surface area (Å²) >= 11 is 3.50. The Morgan fingerprint density at radius 1 is 1.44 bits per heavy atom. The Morgan fingerprint density at radius 2 is 2.19 bits per heavy atom. The summed E-state index contributed by atoms with van der Waals surface area (Å²) in [7, 11) is 0. The second-order valence-electron chi connectivity index (χ2n) is 4.11. The maximum Gasteiger partial charge on any atom is 0.336 e. The van der Waals surface area contributed by atoms with Crippen molar-refractivity contribution in [1.29, 1.82) is 0 Å². The fourth-order valence-corrected chi connectivity index (χ4v) is 2.82. The molecule has 0 aliphatic heterocycles. The number of hydrogen-bond acceptors (Lipinski definition) is 1. The molecular formula is C12H10BrNO2. The number of benzene rings is 1. The normalized spacial score (nSPS) is 15.6. The van der Waals surface area contributed by atoms with E-state index in [2.05, 4.69) is 20.5 Å². The smallest absolute Gasteiger partial charge is 0.336 e. The van der Waals surface area contributed by atoms with Gasteiger partial charge in [0.15, 0.2) is 0 Å². The molecule has 1 heterocycles. The van der Waals surface area contributed by atoms with Gasteiger partial charge in [-0.05, 0) is 47.0 Å². The number of nitrogens with zero attached hydrogens (tertiary/aromatic N) is 1. The summed E-state index contributed by atoms with van der Waals surface area (Å²) in [4.78, 5) is 11.1. The van der Waals surface area contributed by atoms with Crippen molar-refractivity contribution in [1.82, 2.24) is 4.57 Å². The van der Waals surface area contributed by atoms with Crippen LogP contribution in [0.15, 0.2) is 28.9 Å². The first-order valence-electron chi connectivity index (χ1n) is 5.21. The first-order valence-corrected chi connectivity index (χ1v) is 6.00. The van der Waals surface area contributed by atoms with Crippen LogP contribution in [0.3, 0.4) is 0 Å². The Bertz CT molecular complexity index is 584. The Morgan fingerprint density at radius 3 is 2.81 bits per heavy atom. The average molecular weight is 280 g/mol. The van der Waals surface area contributed by atoms with E-state index in [1.807, 2.05) is 12.1 Å². The van der Waals surface area contributed by atoms with E-state index in [0.717, 1.165) is 15.5 Å². The summed E-state index contributed by atoms with van der Waals surface area (Å²) in [5.41, 5.74) is 1.38. The van der Waals surface area contributed by atoms with Gasteiger partial charge >= 0.3 is 5.97 Å². The first kappa shape index (κ1) is 9.90. The van der Waals surface area contributed by atoms with Crippen LogP contribution in [0.25, 0.3) is 10.9 Å². The average Bonchev–Trinajstić information content (AvgIpc) is 3.00. The number of rotatable bonds is 2. The topological polar surface area (TPSA) is 42.2 Å². The predicted octanol–water partition coefficient (Wildman–Crippen LogP) is 3.44. The molecule has 3 rings (SSSR count). The summed E-state index contributed by atoms with van der Waals surface area (Å²) < 4.78 is 3.15. The van der Waals surface area contributed by atoms with E-state index in [1.165, 1.54) is 12.8 Å². The van der Waals surface area contributed by atoms with Gasteiger partial charge in [-0.1, -0.05) is 6.07 Å². The Balaban J connectivity index is 2.33. The van der Waals surface area contributed by atoms with Crippen molar-refractivity contribution in [3.05, 3.63) is 34.4 Å². The van der Waals surface area contributed by atoms with Gasteiger partial charge in [0.2, 0.25) is 0 Å². The zero-order chi connectivity index (χ0) is 11.3. The molecule has 1 aliphatic rings. The third-order valence-electron chi connectivity index (χ3n) is 2.98. The van der Waals surface area contributed by atoms with E-state index in [4.69, 9.17) is 5.11 Å². The molecule has 1 aliphatic carbocycles. The third-order valence-corrected chi connectivity index (χ3v) is 3.59. The molecule has 0 saturated heterocycles. The van der Waals surface area contributed by atoms with E-state index < -0.39 is 5.97 Å². The summed E-state index contributed by atoms with van der Waals surface area (Å²) in [6.07, 6.45) is 2.36. The van der Waals surface area contributed by atoms with Crippen molar-refractivity contribution in [2.45, 2.75) is 18.9 Å². The maximum atomic E-state index is 11.1. The lowest BCUT2D eigenvalue weighted by Crippen LogP contribution is -1.97. The van der Waals surface area contributed by atoms with Gasteiger partial charge in [-0.25, -0.2) is 4.79 Å². The maximum absolute atomic E-state index is 11.1. The molecule has 82 valence electrons. The molecule has 3 nitrogen and oxygen atoms in total. The van der Waals surface area contributed by atoms with Crippen LogP contribution in [0.5, 0.6) is 0 Å². The largest absolute Gasteiger partial charge is 0.478 e. The second kappa shape index (κ2) is 3.35. The predicted molar refractivity (Wildman–Crippen MR) is 64.9 cm³/mol. The van der Waals surface area contributed by atoms with Gasteiger partial charge in [-0.3, -0.25) is 0 Å². The molecule has 1 aromatic heterocycles. The number of fused-ring (bicyclic) bond motifs is 1. The highest BCUT2D eigenvalue weighted by atomic mass is 79.9. The number of hydrogen-bond donors (Lipinski definition) is 1. The molecule has 1 fully saturated rings. The van der Waals surface area contributed by atoms with Crippen molar-refractivity contribution in [2.75, 3.05) is 0 Å². The molecule has 1 N–H and O–H groups in total. The molecule has 0 unspecified atom stereocenters. The molecule has 0 radical (unpaired) electrons. The molecule has 0 spiro atoms. The van der Waals surface area contributed by atoms with Crippen LogP contribution in [0.1, 0.15) is 29.2 Å². The molecule has 1 aromatic carbocycles. The van der Waals surface area contributed by atoms with Crippen molar-refractivity contribution in [3.8, 4) is 0 Å². The monoisotopic (exact) mass is 279 g/mol. The number of aromatic nitrogens is 1. The van der Waals surface area contributed by atoms with E-state index in [9.17, 15) is 4.79 Å². The van der Waals surface area contributed by atoms with Crippen LogP contribution in [-0.2, 0) is 0 Å². The molecule has 4 heteroatoms. The van der Waals surface area contributed by atoms with Gasteiger partial charge in [0.05, 0.1) is 15.7 Å². The van der Waals surface area contributed by atoms with Gasteiger partial charge in [0, 0.05) is 11.4 Å². The number of aromatic carboxylic acids is 1. The lowest BCUT2D eigenvalue weighted by Gasteiger charge is -2.04. The molecule has 0 atom stereocenters. The molecule has 0 bridgehead atoms. The minimum Gasteiger partial charge on any atom is -0.478 e. The summed E-state index contributed by atoms with van der Waals surface area (Å²) in [6.45, 7) is 0. The van der Waals surface area contributed by atoms with Crippen molar-refractivity contribution in [3.63, 3.8) is 0 Å². The lowest BCUT2D eigenvalue weighted by atomic mass is 10.1. The lowest BCUT2D eigenvalue weighted by molar-refractivity contribution is 0.0699. The van der Waals surface area contributed by atoms with Gasteiger partial charge in [0.1, 0.15) is 0 Å². The standard InChI is InChI=1S/C12H10BrNO2/c13-11-6-9-8(12(15)16)2-1-3-10(9)14(11)7-4-5-7/h1-3,6-7H,4-5H2,(H,15,16). The van der Waals surface area contributed by atoms with E-state index >= 15 is 0 Å². The summed E-state index contributed by atoms with van der Waals surface area (Å²) in [6, 6.07) is 7.86. The molecule has 0 amide bonds. The number of carboxylic acid groups (broad SMARTS) is 1. The van der Waals surface area contributed by atoms with E-state index in [1.54, 1.807) is 12.1 Å². The number of halogens is 1. The Hall–Kier alpha value is -1.29. The van der Waals surface area contributed by atoms with E-state index in [0.29, 0.717) is 11.6 Å². The summed E-state index contributed by atoms with van der Waals surface area (Å²) in [5, 5.41) is 9.93. The van der Waals surface area contributed by atoms with Crippen molar-refractivity contribution in [2.24, 2.45) is 0 Å². The SMILES string of the molecule is O=C(O)c1cccc2c1cc(Br)n2C1CC1. The van der Waals surface area contributed by atoms with Gasteiger partial charge < -0.3 is 9.67 Å². The van der Waals surface area contributed by atoms with Gasteiger partial charge in [-0.15, -0.1) is 0 Å². The van der Waals surface area contributed by atoms with E-state index in [-0.39, 0.29) is 0 Å². The zero-order valence-corrected chi connectivity index (χ0v) is 10.1. The molecule has 16 heavy (non-hydrogen) atoms. The zero-order valence-electron chi connectivity index (χ0n) is 8.48. The highest BCUT2D eigenvalue weighted by Gasteiger charge is 2.27. The first-order chi connectivity index (χ1) is 7.68. The van der Waals surface area contributed by atoms with Gasteiger partial charge in [0.25, 0.3) is 0 Å². The molecule has 2 aromatic rings. The van der Waals surface area contributed by atoms with Crippen LogP contribution in [0, 0.1) is 0 Å². The van der Waals surface area contributed by atoms with Crippen LogP contribution in [-0.4, -0.2) is 15.6 Å². The fourth-order valence-electron chi connectivity index (χ4n) is 2.11. The summed E-state index contributed by atoms with van der Waals surface area (Å²) in [5.74, 6) is -0.869. The van der Waals surface area contributed by atoms with Crippen LogP contribution >= 0.6 is 15.9 Å². The second-order valence-corrected chi connectivity index (χ2v) is 4.92. The van der Waals surface area contributed by atoms with Crippen LogP contribution in [0.2, 0.25) is 0 Å². The van der Waals surface area contributed by atoms with Crippen LogP contribution in [0.4, 0.5) is 0 Å². The highest BCUT2D eigenvalue weighted by Crippen LogP contribution is 2.41. The Labute approximate surface area is 101 Å². The highest BCUT2D eigenvalue weighted by molar-refractivity contribution is 9.10. The Kier molecular flexibility index (Phi) is 2.07. The minimum absolute atomic E-state index is 0.373. The van der Waals surface area contributed by atoms with Crippen LogP contribution < -0.4 is 0 Å². The molecule has 1 saturated carbocycles. The van der Waals surface area contributed by atoms with Crippen molar-refractivity contribution < 1.29 is 9.90 Å². The number of carbonyl (C=O) groups is 1. The quantitative estimate of drug-likeness (QED) is 0.915. The number of carboxylic acids is 1. The third kappa shape index (κ3) is 1.37. The fraction of sp³-hybridized carbons (Fsp3) is 0.250.